The van der Waals surface area contributed by atoms with Crippen LogP contribution in [0.3, 0.4) is 0 Å². The predicted molar refractivity (Wildman–Crippen MR) is 106 cm³/mol. The first-order valence-corrected chi connectivity index (χ1v) is 8.72. The van der Waals surface area contributed by atoms with Crippen LogP contribution in [0.2, 0.25) is 0 Å². The van der Waals surface area contributed by atoms with E-state index < -0.39 is 0 Å². The molecule has 3 aromatic carbocycles. The molecule has 5 nitrogen and oxygen atoms in total. The maximum atomic E-state index is 11.9. The van der Waals surface area contributed by atoms with Gasteiger partial charge in [-0.25, -0.2) is 5.43 Å². The molecule has 0 aliphatic rings. The molecular weight excluding hydrogens is 396 g/mol. The fourth-order valence-electron chi connectivity index (χ4n) is 2.44. The van der Waals surface area contributed by atoms with Gasteiger partial charge in [0.1, 0.15) is 11.5 Å². The number of hydrogen-bond donors (Lipinski definition) is 1. The summed E-state index contributed by atoms with van der Waals surface area (Å²) in [5.74, 6) is 0.913. The lowest BCUT2D eigenvalue weighted by molar-refractivity contribution is -0.123. The first kappa shape index (κ1) is 17.9. The molecule has 132 valence electrons. The van der Waals surface area contributed by atoms with Crippen LogP contribution in [-0.4, -0.2) is 25.8 Å². The second-order valence-electron chi connectivity index (χ2n) is 5.45. The molecule has 6 heteroatoms. The number of ether oxygens (including phenoxy) is 2. The fraction of sp³-hybridized carbons (Fsp3) is 0.100. The molecular formula is C20H17BrN2O3. The van der Waals surface area contributed by atoms with Gasteiger partial charge in [0.25, 0.3) is 5.91 Å². The first-order chi connectivity index (χ1) is 12.7. The van der Waals surface area contributed by atoms with Crippen molar-refractivity contribution in [3.05, 3.63) is 70.7 Å². The van der Waals surface area contributed by atoms with Crippen LogP contribution in [0, 0.1) is 0 Å². The summed E-state index contributed by atoms with van der Waals surface area (Å²) in [6, 6.07) is 19.2. The molecule has 0 aliphatic carbocycles. The van der Waals surface area contributed by atoms with Crippen LogP contribution in [-0.2, 0) is 4.79 Å². The van der Waals surface area contributed by atoms with Crippen LogP contribution in [0.4, 0.5) is 0 Å². The van der Waals surface area contributed by atoms with Gasteiger partial charge < -0.3 is 9.47 Å². The first-order valence-electron chi connectivity index (χ1n) is 7.93. The number of amides is 1. The minimum absolute atomic E-state index is 0.141. The van der Waals surface area contributed by atoms with Crippen molar-refractivity contribution in [2.24, 2.45) is 5.10 Å². The van der Waals surface area contributed by atoms with E-state index in [-0.39, 0.29) is 12.5 Å². The Balaban J connectivity index is 1.58. The summed E-state index contributed by atoms with van der Waals surface area (Å²) in [5, 5.41) is 6.21. The number of benzene rings is 3. The van der Waals surface area contributed by atoms with Gasteiger partial charge >= 0.3 is 0 Å². The molecule has 0 saturated carbocycles. The van der Waals surface area contributed by atoms with Gasteiger partial charge in [-0.3, -0.25) is 4.79 Å². The molecule has 3 rings (SSSR count). The lowest BCUT2D eigenvalue weighted by atomic mass is 10.1. The van der Waals surface area contributed by atoms with Gasteiger partial charge in [0, 0.05) is 5.56 Å². The minimum atomic E-state index is -0.343. The van der Waals surface area contributed by atoms with Crippen molar-refractivity contribution in [1.29, 1.82) is 0 Å². The highest BCUT2D eigenvalue weighted by molar-refractivity contribution is 9.10. The molecule has 0 aromatic heterocycles. The van der Waals surface area contributed by atoms with Crippen molar-refractivity contribution >= 4 is 38.8 Å². The smallest absolute Gasteiger partial charge is 0.277 e. The summed E-state index contributed by atoms with van der Waals surface area (Å²) < 4.78 is 11.3. The van der Waals surface area contributed by atoms with Crippen LogP contribution in [0.1, 0.15) is 5.56 Å². The number of methoxy groups -OCH3 is 1. The van der Waals surface area contributed by atoms with Gasteiger partial charge in [0.2, 0.25) is 0 Å². The number of hydrogen-bond acceptors (Lipinski definition) is 4. The Morgan fingerprint density at radius 3 is 2.77 bits per heavy atom. The number of carbonyl (C=O) groups excluding carboxylic acids is 1. The highest BCUT2D eigenvalue weighted by Crippen LogP contribution is 2.28. The number of halogens is 1. The van der Waals surface area contributed by atoms with Gasteiger partial charge in [0.15, 0.2) is 6.61 Å². The predicted octanol–water partition coefficient (Wildman–Crippen LogP) is 4.14. The number of nitrogens with one attached hydrogen (secondary N) is 1. The summed E-state index contributed by atoms with van der Waals surface area (Å²) in [6.45, 7) is -0.141. The third-order valence-electron chi connectivity index (χ3n) is 3.71. The Kier molecular flexibility index (Phi) is 5.86. The van der Waals surface area contributed by atoms with Gasteiger partial charge in [-0.2, -0.15) is 5.10 Å². The van der Waals surface area contributed by atoms with E-state index in [2.05, 4.69) is 26.5 Å². The van der Waals surface area contributed by atoms with Crippen molar-refractivity contribution in [2.45, 2.75) is 0 Å². The van der Waals surface area contributed by atoms with Crippen LogP contribution in [0.15, 0.2) is 70.2 Å². The molecule has 0 spiro atoms. The second-order valence-corrected chi connectivity index (χ2v) is 6.30. The number of hydrazone groups is 1. The summed E-state index contributed by atoms with van der Waals surface area (Å²) >= 11 is 3.38. The van der Waals surface area contributed by atoms with Crippen molar-refractivity contribution in [3.63, 3.8) is 0 Å². The molecule has 0 fully saturated rings. The van der Waals surface area contributed by atoms with Crippen molar-refractivity contribution in [3.8, 4) is 11.5 Å². The monoisotopic (exact) mass is 412 g/mol. The lowest BCUT2D eigenvalue weighted by Crippen LogP contribution is -2.24. The second kappa shape index (κ2) is 8.49. The van der Waals surface area contributed by atoms with Crippen molar-refractivity contribution in [1.82, 2.24) is 5.43 Å². The zero-order valence-corrected chi connectivity index (χ0v) is 15.7. The normalized spacial score (nSPS) is 10.8. The highest BCUT2D eigenvalue weighted by Gasteiger charge is 2.06. The Bertz CT molecular complexity index is 951. The van der Waals surface area contributed by atoms with Gasteiger partial charge in [-0.15, -0.1) is 0 Å². The summed E-state index contributed by atoms with van der Waals surface area (Å²) in [5.41, 5.74) is 3.41. The molecule has 0 radical (unpaired) electrons. The van der Waals surface area contributed by atoms with Gasteiger partial charge in [-0.1, -0.05) is 42.5 Å². The maximum Gasteiger partial charge on any atom is 0.277 e. The minimum Gasteiger partial charge on any atom is -0.497 e. The Labute approximate surface area is 159 Å². The highest BCUT2D eigenvalue weighted by atomic mass is 79.9. The summed E-state index contributed by atoms with van der Waals surface area (Å²) in [4.78, 5) is 11.9. The topological polar surface area (TPSA) is 59.9 Å². The van der Waals surface area contributed by atoms with Gasteiger partial charge in [0.05, 0.1) is 17.8 Å². The van der Waals surface area contributed by atoms with E-state index in [0.717, 1.165) is 16.3 Å². The quantitative estimate of drug-likeness (QED) is 0.488. The van der Waals surface area contributed by atoms with E-state index in [4.69, 9.17) is 9.47 Å². The van der Waals surface area contributed by atoms with Gasteiger partial charge in [-0.05, 0) is 44.9 Å². The Morgan fingerprint density at radius 2 is 1.96 bits per heavy atom. The van der Waals surface area contributed by atoms with Crippen LogP contribution in [0.25, 0.3) is 10.8 Å². The van der Waals surface area contributed by atoms with E-state index in [1.165, 1.54) is 0 Å². The zero-order valence-electron chi connectivity index (χ0n) is 14.1. The molecule has 26 heavy (non-hydrogen) atoms. The SMILES string of the molecule is COc1ccc(OCC(=O)NN=Cc2cccc3ccccc23)c(Br)c1. The average molecular weight is 413 g/mol. The van der Waals surface area contributed by atoms with Crippen LogP contribution >= 0.6 is 15.9 Å². The number of fused-ring (bicyclic) bond motifs is 1. The molecule has 0 heterocycles. The standard InChI is InChI=1S/C20H17BrN2O3/c1-25-16-9-10-19(18(21)11-16)26-13-20(24)23-22-12-15-7-4-6-14-5-2-3-8-17(14)15/h2-12H,13H2,1H3,(H,23,24). The van der Waals surface area contributed by atoms with E-state index in [1.54, 1.807) is 31.5 Å². The maximum absolute atomic E-state index is 11.9. The van der Waals surface area contributed by atoms with E-state index >= 15 is 0 Å². The number of rotatable bonds is 6. The molecule has 0 unspecified atom stereocenters. The molecule has 1 N–H and O–H groups in total. The Morgan fingerprint density at radius 1 is 1.15 bits per heavy atom. The summed E-state index contributed by atoms with van der Waals surface area (Å²) in [7, 11) is 1.59. The molecule has 0 bridgehead atoms. The van der Waals surface area contributed by atoms with Crippen molar-refractivity contribution < 1.29 is 14.3 Å². The molecule has 0 atom stereocenters. The van der Waals surface area contributed by atoms with E-state index in [9.17, 15) is 4.79 Å². The third kappa shape index (κ3) is 4.40. The fourth-order valence-corrected chi connectivity index (χ4v) is 2.91. The lowest BCUT2D eigenvalue weighted by Gasteiger charge is -2.08. The number of carbonyl (C=O) groups is 1. The average Bonchev–Trinajstić information content (AvgIpc) is 2.67. The van der Waals surface area contributed by atoms with E-state index in [0.29, 0.717) is 16.0 Å². The largest absolute Gasteiger partial charge is 0.497 e. The zero-order chi connectivity index (χ0) is 18.4. The third-order valence-corrected chi connectivity index (χ3v) is 4.33. The van der Waals surface area contributed by atoms with E-state index in [1.807, 2.05) is 42.5 Å². The summed E-state index contributed by atoms with van der Waals surface area (Å²) in [6.07, 6.45) is 1.63. The van der Waals surface area contributed by atoms with Crippen molar-refractivity contribution in [2.75, 3.05) is 13.7 Å². The Hall–Kier alpha value is -2.86. The van der Waals surface area contributed by atoms with Crippen LogP contribution in [0.5, 0.6) is 11.5 Å². The molecule has 0 saturated heterocycles. The number of nitrogens with zero attached hydrogens (tertiary/aromatic N) is 1. The molecule has 1 amide bonds. The van der Waals surface area contributed by atoms with Crippen LogP contribution < -0.4 is 14.9 Å². The molecule has 3 aromatic rings. The molecule has 0 aliphatic heterocycles.